The van der Waals surface area contributed by atoms with Crippen LogP contribution in [0, 0.1) is 5.92 Å². The third kappa shape index (κ3) is 4.46. The van der Waals surface area contributed by atoms with Gasteiger partial charge in [-0.1, -0.05) is 27.2 Å². The predicted molar refractivity (Wildman–Crippen MR) is 42.6 cm³/mol. The SMILES string of the molecule is CC[C@@H](C)CN(C)CC. The largest absolute Gasteiger partial charge is 0.306 e. The van der Waals surface area contributed by atoms with E-state index in [9.17, 15) is 0 Å². The number of nitrogens with zero attached hydrogens (tertiary/aromatic N) is 1. The molecule has 0 aromatic carbocycles. The van der Waals surface area contributed by atoms with Crippen LogP contribution >= 0.6 is 0 Å². The predicted octanol–water partition coefficient (Wildman–Crippen LogP) is 1.98. The van der Waals surface area contributed by atoms with Crippen molar-refractivity contribution in [3.05, 3.63) is 0 Å². The zero-order chi connectivity index (χ0) is 7.28. The fraction of sp³-hybridized carbons (Fsp3) is 1.00. The molecular weight excluding hydrogens is 110 g/mol. The first kappa shape index (κ1) is 8.96. The van der Waals surface area contributed by atoms with E-state index in [1.54, 1.807) is 0 Å². The standard InChI is InChI=1S/C8H19N/c1-5-8(3)7-9(4)6-2/h8H,5-7H2,1-4H3/t8-/m1/s1. The van der Waals surface area contributed by atoms with Gasteiger partial charge in [0.1, 0.15) is 0 Å². The van der Waals surface area contributed by atoms with Gasteiger partial charge in [-0.25, -0.2) is 0 Å². The summed E-state index contributed by atoms with van der Waals surface area (Å²) in [5.74, 6) is 0.856. The van der Waals surface area contributed by atoms with Crippen LogP contribution < -0.4 is 0 Å². The average molecular weight is 129 g/mol. The second-order valence-corrected chi connectivity index (χ2v) is 2.87. The van der Waals surface area contributed by atoms with Crippen molar-refractivity contribution in [1.82, 2.24) is 4.90 Å². The van der Waals surface area contributed by atoms with Crippen LogP contribution in [0.15, 0.2) is 0 Å². The lowest BCUT2D eigenvalue weighted by molar-refractivity contribution is 0.295. The molecule has 0 saturated carbocycles. The first-order valence-corrected chi connectivity index (χ1v) is 3.89. The first-order chi connectivity index (χ1) is 4.20. The Bertz CT molecular complexity index is 53.6. The zero-order valence-electron chi connectivity index (χ0n) is 7.15. The van der Waals surface area contributed by atoms with Gasteiger partial charge >= 0.3 is 0 Å². The van der Waals surface area contributed by atoms with Gasteiger partial charge in [0.05, 0.1) is 0 Å². The van der Waals surface area contributed by atoms with Crippen LogP contribution in [0.5, 0.6) is 0 Å². The van der Waals surface area contributed by atoms with Crippen molar-refractivity contribution < 1.29 is 0 Å². The molecule has 0 unspecified atom stereocenters. The van der Waals surface area contributed by atoms with Gasteiger partial charge in [-0.15, -0.1) is 0 Å². The molecule has 0 amide bonds. The number of hydrogen-bond acceptors (Lipinski definition) is 1. The Morgan fingerprint density at radius 3 is 2.22 bits per heavy atom. The van der Waals surface area contributed by atoms with Crippen molar-refractivity contribution in [3.63, 3.8) is 0 Å². The van der Waals surface area contributed by atoms with Gasteiger partial charge in [0.2, 0.25) is 0 Å². The van der Waals surface area contributed by atoms with Gasteiger partial charge < -0.3 is 4.90 Å². The first-order valence-electron chi connectivity index (χ1n) is 3.89. The lowest BCUT2D eigenvalue weighted by atomic mass is 10.1. The minimum atomic E-state index is 0.856. The van der Waals surface area contributed by atoms with Crippen LogP contribution in [0.3, 0.4) is 0 Å². The summed E-state index contributed by atoms with van der Waals surface area (Å²) < 4.78 is 0. The molecule has 0 aliphatic rings. The van der Waals surface area contributed by atoms with Crippen molar-refractivity contribution >= 4 is 0 Å². The van der Waals surface area contributed by atoms with Gasteiger partial charge in [0, 0.05) is 6.54 Å². The van der Waals surface area contributed by atoms with E-state index in [1.807, 2.05) is 0 Å². The van der Waals surface area contributed by atoms with Gasteiger partial charge in [0.15, 0.2) is 0 Å². The highest BCUT2D eigenvalue weighted by Crippen LogP contribution is 2.01. The van der Waals surface area contributed by atoms with Gasteiger partial charge in [-0.2, -0.15) is 0 Å². The highest BCUT2D eigenvalue weighted by molar-refractivity contribution is 4.54. The Balaban J connectivity index is 3.22. The minimum Gasteiger partial charge on any atom is -0.306 e. The van der Waals surface area contributed by atoms with Crippen LogP contribution in [0.2, 0.25) is 0 Å². The third-order valence-electron chi connectivity index (χ3n) is 1.86. The molecule has 0 saturated heterocycles. The molecule has 1 heteroatoms. The Kier molecular flexibility index (Phi) is 4.78. The smallest absolute Gasteiger partial charge is 0.000375 e. The van der Waals surface area contributed by atoms with Crippen molar-refractivity contribution in [2.45, 2.75) is 27.2 Å². The summed E-state index contributed by atoms with van der Waals surface area (Å²) in [4.78, 5) is 2.36. The Morgan fingerprint density at radius 1 is 1.33 bits per heavy atom. The van der Waals surface area contributed by atoms with E-state index in [1.165, 1.54) is 19.5 Å². The Labute approximate surface area is 59.1 Å². The van der Waals surface area contributed by atoms with Crippen molar-refractivity contribution in [2.75, 3.05) is 20.1 Å². The van der Waals surface area contributed by atoms with Crippen molar-refractivity contribution in [3.8, 4) is 0 Å². The lowest BCUT2D eigenvalue weighted by Gasteiger charge is -2.17. The highest BCUT2D eigenvalue weighted by atomic mass is 15.1. The molecule has 0 aliphatic heterocycles. The van der Waals surface area contributed by atoms with Crippen LogP contribution in [0.4, 0.5) is 0 Å². The summed E-state index contributed by atoms with van der Waals surface area (Å²) in [6.45, 7) is 9.15. The second-order valence-electron chi connectivity index (χ2n) is 2.87. The fourth-order valence-electron chi connectivity index (χ4n) is 0.790. The van der Waals surface area contributed by atoms with E-state index in [2.05, 4.69) is 32.7 Å². The van der Waals surface area contributed by atoms with Gasteiger partial charge in [-0.05, 0) is 19.5 Å². The highest BCUT2D eigenvalue weighted by Gasteiger charge is 2.00. The average Bonchev–Trinajstić information content (AvgIpc) is 1.87. The molecule has 0 aliphatic carbocycles. The van der Waals surface area contributed by atoms with E-state index < -0.39 is 0 Å². The molecule has 56 valence electrons. The summed E-state index contributed by atoms with van der Waals surface area (Å²) in [6, 6.07) is 0. The van der Waals surface area contributed by atoms with E-state index in [-0.39, 0.29) is 0 Å². The normalized spacial score (nSPS) is 14.3. The minimum absolute atomic E-state index is 0.856. The maximum absolute atomic E-state index is 2.36. The molecule has 0 radical (unpaired) electrons. The molecule has 0 spiro atoms. The van der Waals surface area contributed by atoms with E-state index in [0.717, 1.165) is 5.92 Å². The maximum Gasteiger partial charge on any atom is 0.000375 e. The second kappa shape index (κ2) is 4.80. The third-order valence-corrected chi connectivity index (χ3v) is 1.86. The fourth-order valence-corrected chi connectivity index (χ4v) is 0.790. The molecule has 9 heavy (non-hydrogen) atoms. The summed E-state index contributed by atoms with van der Waals surface area (Å²) in [5.41, 5.74) is 0. The number of hydrogen-bond donors (Lipinski definition) is 0. The van der Waals surface area contributed by atoms with E-state index >= 15 is 0 Å². The summed E-state index contributed by atoms with van der Waals surface area (Å²) in [5, 5.41) is 0. The Morgan fingerprint density at radius 2 is 1.89 bits per heavy atom. The van der Waals surface area contributed by atoms with Crippen molar-refractivity contribution in [1.29, 1.82) is 0 Å². The van der Waals surface area contributed by atoms with Crippen LogP contribution in [-0.4, -0.2) is 25.0 Å². The zero-order valence-corrected chi connectivity index (χ0v) is 7.15. The Hall–Kier alpha value is -0.0400. The summed E-state index contributed by atoms with van der Waals surface area (Å²) >= 11 is 0. The van der Waals surface area contributed by atoms with Gasteiger partial charge in [0.25, 0.3) is 0 Å². The topological polar surface area (TPSA) is 3.24 Å². The molecule has 0 bridgehead atoms. The van der Waals surface area contributed by atoms with Gasteiger partial charge in [-0.3, -0.25) is 0 Å². The molecular formula is C8H19N. The molecule has 0 fully saturated rings. The molecule has 0 aromatic rings. The van der Waals surface area contributed by atoms with Crippen LogP contribution in [0.25, 0.3) is 0 Å². The quantitative estimate of drug-likeness (QED) is 0.561. The van der Waals surface area contributed by atoms with Crippen molar-refractivity contribution in [2.24, 2.45) is 5.92 Å². The van der Waals surface area contributed by atoms with E-state index in [0.29, 0.717) is 0 Å². The molecule has 0 N–H and O–H groups in total. The summed E-state index contributed by atoms with van der Waals surface area (Å²) in [6.07, 6.45) is 1.30. The monoisotopic (exact) mass is 129 g/mol. The molecule has 0 heterocycles. The van der Waals surface area contributed by atoms with Crippen LogP contribution in [-0.2, 0) is 0 Å². The van der Waals surface area contributed by atoms with Crippen LogP contribution in [0.1, 0.15) is 27.2 Å². The van der Waals surface area contributed by atoms with E-state index in [4.69, 9.17) is 0 Å². The molecule has 0 aromatic heterocycles. The molecule has 0 rings (SSSR count). The summed E-state index contributed by atoms with van der Waals surface area (Å²) in [7, 11) is 2.17. The molecule has 1 atom stereocenters. The maximum atomic E-state index is 2.36. The number of rotatable bonds is 4. The lowest BCUT2D eigenvalue weighted by Crippen LogP contribution is -2.23. The molecule has 1 nitrogen and oxygen atoms in total.